The maximum atomic E-state index is 12.8. The summed E-state index contributed by atoms with van der Waals surface area (Å²) in [5.74, 6) is -1.11. The van der Waals surface area contributed by atoms with E-state index in [1.807, 2.05) is 0 Å². The summed E-state index contributed by atoms with van der Waals surface area (Å²) in [5.41, 5.74) is -0.277. The largest absolute Gasteiger partial charge is 0.478 e. The lowest BCUT2D eigenvalue weighted by atomic mass is 10.1. The van der Waals surface area contributed by atoms with Crippen molar-refractivity contribution < 1.29 is 27.6 Å². The third kappa shape index (κ3) is 3.12. The third-order valence-corrected chi connectivity index (χ3v) is 3.23. The van der Waals surface area contributed by atoms with Gasteiger partial charge in [0.1, 0.15) is 0 Å². The summed E-state index contributed by atoms with van der Waals surface area (Å²) in [5, 5.41) is 12.7. The van der Waals surface area contributed by atoms with Crippen molar-refractivity contribution in [3.8, 4) is 22.8 Å². The van der Waals surface area contributed by atoms with Crippen LogP contribution < -0.4 is 0 Å². The minimum Gasteiger partial charge on any atom is -0.478 e. The Balaban J connectivity index is 1.97. The fraction of sp³-hybridized carbons (Fsp3) is 0.0625. The van der Waals surface area contributed by atoms with Gasteiger partial charge in [-0.25, -0.2) is 4.79 Å². The number of hydrogen-bond donors (Lipinski definition) is 1. The van der Waals surface area contributed by atoms with Crippen LogP contribution in [0.2, 0.25) is 0 Å². The molecule has 8 heteroatoms. The summed E-state index contributed by atoms with van der Waals surface area (Å²) in [6, 6.07) is 10.4. The van der Waals surface area contributed by atoms with E-state index in [0.29, 0.717) is 5.56 Å². The van der Waals surface area contributed by atoms with Crippen molar-refractivity contribution in [1.29, 1.82) is 0 Å². The monoisotopic (exact) mass is 334 g/mol. The molecule has 24 heavy (non-hydrogen) atoms. The predicted molar refractivity (Wildman–Crippen MR) is 77.1 cm³/mol. The van der Waals surface area contributed by atoms with Crippen LogP contribution in [0.1, 0.15) is 15.9 Å². The second-order valence-electron chi connectivity index (χ2n) is 4.89. The fourth-order valence-electron chi connectivity index (χ4n) is 2.08. The first-order valence-corrected chi connectivity index (χ1v) is 6.69. The summed E-state index contributed by atoms with van der Waals surface area (Å²) >= 11 is 0. The lowest BCUT2D eigenvalue weighted by molar-refractivity contribution is -0.137. The Bertz CT molecular complexity index is 903. The number of aromatic nitrogens is 2. The fourth-order valence-corrected chi connectivity index (χ4v) is 2.08. The Morgan fingerprint density at radius 3 is 2.46 bits per heavy atom. The SMILES string of the molecule is O=C(O)c1cccc(-c2noc(-c3cccc(C(F)(F)F)c3)n2)c1. The molecule has 0 aliphatic rings. The van der Waals surface area contributed by atoms with Crippen LogP contribution >= 0.6 is 0 Å². The van der Waals surface area contributed by atoms with Gasteiger partial charge in [0.15, 0.2) is 0 Å². The first-order valence-electron chi connectivity index (χ1n) is 6.69. The van der Waals surface area contributed by atoms with Gasteiger partial charge in [0, 0.05) is 11.1 Å². The second-order valence-corrected chi connectivity index (χ2v) is 4.89. The molecule has 0 amide bonds. The van der Waals surface area contributed by atoms with E-state index in [-0.39, 0.29) is 22.8 Å². The zero-order valence-corrected chi connectivity index (χ0v) is 11.9. The third-order valence-electron chi connectivity index (χ3n) is 3.23. The molecule has 5 nitrogen and oxygen atoms in total. The van der Waals surface area contributed by atoms with E-state index in [1.165, 1.54) is 30.3 Å². The van der Waals surface area contributed by atoms with E-state index in [9.17, 15) is 18.0 Å². The molecular formula is C16H9F3N2O3. The molecular weight excluding hydrogens is 325 g/mol. The summed E-state index contributed by atoms with van der Waals surface area (Å²) in [6.45, 7) is 0. The van der Waals surface area contributed by atoms with E-state index >= 15 is 0 Å². The summed E-state index contributed by atoms with van der Waals surface area (Å²) in [6.07, 6.45) is -4.48. The van der Waals surface area contributed by atoms with Crippen molar-refractivity contribution in [1.82, 2.24) is 10.1 Å². The van der Waals surface area contributed by atoms with Gasteiger partial charge in [-0.3, -0.25) is 0 Å². The van der Waals surface area contributed by atoms with Crippen LogP contribution in [0.15, 0.2) is 53.1 Å². The van der Waals surface area contributed by atoms with Gasteiger partial charge in [0.2, 0.25) is 5.82 Å². The molecule has 0 saturated carbocycles. The normalized spacial score (nSPS) is 11.5. The quantitative estimate of drug-likeness (QED) is 0.780. The average Bonchev–Trinajstić information content (AvgIpc) is 3.04. The number of rotatable bonds is 3. The van der Waals surface area contributed by atoms with Crippen LogP contribution in [0.5, 0.6) is 0 Å². The molecule has 0 aliphatic carbocycles. The van der Waals surface area contributed by atoms with E-state index in [0.717, 1.165) is 12.1 Å². The lowest BCUT2D eigenvalue weighted by Crippen LogP contribution is -2.04. The number of hydrogen-bond acceptors (Lipinski definition) is 4. The zero-order chi connectivity index (χ0) is 17.3. The van der Waals surface area contributed by atoms with Crippen LogP contribution in [0.25, 0.3) is 22.8 Å². The zero-order valence-electron chi connectivity index (χ0n) is 11.9. The standard InChI is InChI=1S/C16H9F3N2O3/c17-16(18,19)12-6-2-4-10(8-12)14-20-13(21-24-14)9-3-1-5-11(7-9)15(22)23/h1-8H,(H,22,23). The van der Waals surface area contributed by atoms with Crippen molar-refractivity contribution in [3.05, 3.63) is 59.7 Å². The number of nitrogens with zero attached hydrogens (tertiary/aromatic N) is 2. The summed E-state index contributed by atoms with van der Waals surface area (Å²) < 4.78 is 43.3. The topological polar surface area (TPSA) is 76.2 Å². The molecule has 2 aromatic carbocycles. The molecule has 0 bridgehead atoms. The molecule has 1 aromatic heterocycles. The Morgan fingerprint density at radius 2 is 1.75 bits per heavy atom. The molecule has 1 heterocycles. The average molecular weight is 334 g/mol. The molecule has 0 unspecified atom stereocenters. The molecule has 1 N–H and O–H groups in total. The van der Waals surface area contributed by atoms with Gasteiger partial charge in [0.25, 0.3) is 5.89 Å². The van der Waals surface area contributed by atoms with Gasteiger partial charge in [-0.2, -0.15) is 18.2 Å². The molecule has 0 atom stereocenters. The number of benzene rings is 2. The van der Waals surface area contributed by atoms with E-state index in [1.54, 1.807) is 6.07 Å². The van der Waals surface area contributed by atoms with E-state index in [4.69, 9.17) is 9.63 Å². The van der Waals surface area contributed by atoms with Gasteiger partial charge in [0.05, 0.1) is 11.1 Å². The van der Waals surface area contributed by atoms with Crippen LogP contribution in [0, 0.1) is 0 Å². The van der Waals surface area contributed by atoms with Gasteiger partial charge >= 0.3 is 12.1 Å². The van der Waals surface area contributed by atoms with Crippen molar-refractivity contribution in [2.45, 2.75) is 6.18 Å². The van der Waals surface area contributed by atoms with E-state index < -0.39 is 17.7 Å². The Hall–Kier alpha value is -3.16. The number of halogens is 3. The van der Waals surface area contributed by atoms with Gasteiger partial charge in [-0.15, -0.1) is 0 Å². The van der Waals surface area contributed by atoms with Crippen molar-refractivity contribution in [2.75, 3.05) is 0 Å². The summed E-state index contributed by atoms with van der Waals surface area (Å²) in [7, 11) is 0. The molecule has 3 aromatic rings. The maximum absolute atomic E-state index is 12.8. The van der Waals surface area contributed by atoms with Crippen LogP contribution in [0.3, 0.4) is 0 Å². The second kappa shape index (κ2) is 5.80. The highest BCUT2D eigenvalue weighted by Crippen LogP contribution is 2.32. The highest BCUT2D eigenvalue weighted by molar-refractivity contribution is 5.89. The molecule has 0 radical (unpaired) electrons. The predicted octanol–water partition coefficient (Wildman–Crippen LogP) is 4.12. The number of alkyl halides is 3. The highest BCUT2D eigenvalue weighted by atomic mass is 19.4. The van der Waals surface area contributed by atoms with Gasteiger partial charge in [-0.05, 0) is 30.3 Å². The van der Waals surface area contributed by atoms with E-state index in [2.05, 4.69) is 10.1 Å². The number of carbonyl (C=O) groups is 1. The van der Waals surface area contributed by atoms with Crippen LogP contribution in [-0.4, -0.2) is 21.2 Å². The first-order chi connectivity index (χ1) is 11.3. The minimum absolute atomic E-state index is 0.0397. The Morgan fingerprint density at radius 1 is 1.04 bits per heavy atom. The Labute approximate surface area is 133 Å². The van der Waals surface area contributed by atoms with Gasteiger partial charge < -0.3 is 9.63 Å². The van der Waals surface area contributed by atoms with Gasteiger partial charge in [-0.1, -0.05) is 23.4 Å². The molecule has 0 saturated heterocycles. The van der Waals surface area contributed by atoms with Crippen molar-refractivity contribution in [2.24, 2.45) is 0 Å². The van der Waals surface area contributed by atoms with Crippen molar-refractivity contribution >= 4 is 5.97 Å². The Kier molecular flexibility index (Phi) is 3.80. The number of aromatic carboxylic acids is 1. The highest BCUT2D eigenvalue weighted by Gasteiger charge is 2.30. The maximum Gasteiger partial charge on any atom is 0.416 e. The van der Waals surface area contributed by atoms with Crippen molar-refractivity contribution in [3.63, 3.8) is 0 Å². The number of carboxylic acid groups (broad SMARTS) is 1. The summed E-state index contributed by atoms with van der Waals surface area (Å²) in [4.78, 5) is 15.0. The molecule has 0 spiro atoms. The van der Waals surface area contributed by atoms with Crippen LogP contribution in [-0.2, 0) is 6.18 Å². The van der Waals surface area contributed by atoms with Crippen LogP contribution in [0.4, 0.5) is 13.2 Å². The first kappa shape index (κ1) is 15.7. The lowest BCUT2D eigenvalue weighted by Gasteiger charge is -2.06. The minimum atomic E-state index is -4.48. The molecule has 0 fully saturated rings. The number of carboxylic acids is 1. The molecule has 3 rings (SSSR count). The molecule has 122 valence electrons. The molecule has 0 aliphatic heterocycles. The smallest absolute Gasteiger partial charge is 0.416 e.